The van der Waals surface area contributed by atoms with Gasteiger partial charge in [0.25, 0.3) is 0 Å². The summed E-state index contributed by atoms with van der Waals surface area (Å²) in [4.78, 5) is 15.4. The Hall–Kier alpha value is -3.11. The van der Waals surface area contributed by atoms with Gasteiger partial charge in [-0.2, -0.15) is 0 Å². The molecule has 1 heterocycles. The maximum atomic E-state index is 12.9. The number of Topliss-reactive ketones (excluding diaryl/α,β-unsaturated/α-hetero) is 1. The number of carbonyl (C=O) groups excluding carboxylic acids is 1. The maximum absolute atomic E-state index is 12.9. The minimum absolute atomic E-state index is 0.0457. The van der Waals surface area contributed by atoms with Crippen molar-refractivity contribution in [3.63, 3.8) is 0 Å². The van der Waals surface area contributed by atoms with E-state index in [9.17, 15) is 9.90 Å². The molecule has 0 spiro atoms. The Morgan fingerprint density at radius 1 is 0.906 bits per heavy atom. The number of ether oxygens (including phenoxy) is 1. The Bertz CT molecular complexity index is 1070. The molecule has 1 saturated heterocycles. The molecule has 4 heteroatoms. The molecule has 1 aliphatic heterocycles. The highest BCUT2D eigenvalue weighted by atomic mass is 16.5. The van der Waals surface area contributed by atoms with E-state index in [1.54, 1.807) is 12.1 Å². The number of likely N-dealkylation sites (tertiary alicyclic amines) is 1. The minimum Gasteiger partial charge on any atom is -0.508 e. The van der Waals surface area contributed by atoms with Crippen LogP contribution in [0, 0.1) is 0 Å². The lowest BCUT2D eigenvalue weighted by Gasteiger charge is -2.34. The summed E-state index contributed by atoms with van der Waals surface area (Å²) in [6.45, 7) is 4.03. The maximum Gasteiger partial charge on any atom is 0.163 e. The van der Waals surface area contributed by atoms with Gasteiger partial charge in [0.05, 0.1) is 0 Å². The number of phenolic OH excluding ortho intramolecular Hbond substituents is 1. The van der Waals surface area contributed by atoms with Gasteiger partial charge in [-0.25, -0.2) is 0 Å². The van der Waals surface area contributed by atoms with Crippen LogP contribution in [0.15, 0.2) is 72.8 Å². The zero-order valence-electron chi connectivity index (χ0n) is 18.2. The van der Waals surface area contributed by atoms with Crippen LogP contribution in [-0.2, 0) is 0 Å². The molecule has 3 aromatic carbocycles. The molecule has 0 saturated carbocycles. The van der Waals surface area contributed by atoms with Gasteiger partial charge in [-0.15, -0.1) is 0 Å². The molecule has 0 unspecified atom stereocenters. The average molecular weight is 428 g/mol. The number of hydrogen-bond acceptors (Lipinski definition) is 4. The van der Waals surface area contributed by atoms with Gasteiger partial charge in [0, 0.05) is 30.4 Å². The highest BCUT2D eigenvalue weighted by Gasteiger charge is 2.36. The van der Waals surface area contributed by atoms with E-state index in [2.05, 4.69) is 29.2 Å². The van der Waals surface area contributed by atoms with Crippen molar-refractivity contribution < 1.29 is 14.6 Å². The molecule has 5 rings (SSSR count). The van der Waals surface area contributed by atoms with Gasteiger partial charge in [-0.05, 0) is 66.9 Å². The molecule has 1 N–H and O–H groups in total. The largest absolute Gasteiger partial charge is 0.508 e. The van der Waals surface area contributed by atoms with E-state index in [0.29, 0.717) is 18.6 Å². The Kier molecular flexibility index (Phi) is 5.95. The Morgan fingerprint density at radius 3 is 2.41 bits per heavy atom. The smallest absolute Gasteiger partial charge is 0.163 e. The zero-order valence-corrected chi connectivity index (χ0v) is 18.2. The summed E-state index contributed by atoms with van der Waals surface area (Å²) in [5.74, 6) is 1.20. The molecule has 1 aliphatic carbocycles. The molecule has 0 radical (unpaired) electrons. The number of rotatable bonds is 6. The van der Waals surface area contributed by atoms with Crippen molar-refractivity contribution in [3.8, 4) is 11.5 Å². The van der Waals surface area contributed by atoms with Crippen LogP contribution in [0.4, 0.5) is 0 Å². The van der Waals surface area contributed by atoms with Gasteiger partial charge in [0.2, 0.25) is 0 Å². The molecule has 0 aromatic heterocycles. The van der Waals surface area contributed by atoms with E-state index in [-0.39, 0.29) is 23.4 Å². The fraction of sp³-hybridized carbons (Fsp3) is 0.321. The topological polar surface area (TPSA) is 49.8 Å². The predicted molar refractivity (Wildman–Crippen MR) is 126 cm³/mol. The second-order valence-electron chi connectivity index (χ2n) is 8.86. The fourth-order valence-corrected chi connectivity index (χ4v) is 5.19. The van der Waals surface area contributed by atoms with Crippen molar-refractivity contribution in [2.75, 3.05) is 26.2 Å². The summed E-state index contributed by atoms with van der Waals surface area (Å²) < 4.78 is 6.00. The van der Waals surface area contributed by atoms with Gasteiger partial charge in [0.1, 0.15) is 18.1 Å². The van der Waals surface area contributed by atoms with E-state index in [4.69, 9.17) is 4.74 Å². The molecule has 0 amide bonds. The number of aromatic hydroxyl groups is 1. The first-order chi connectivity index (χ1) is 15.7. The second kappa shape index (κ2) is 9.17. The van der Waals surface area contributed by atoms with Gasteiger partial charge in [-0.3, -0.25) is 9.69 Å². The normalized spacial score (nSPS) is 20.8. The standard InChI is InChI=1S/C28H29NO3/c30-22-10-13-24-26(18-22)27(31)19-25(20-6-2-1-3-7-20)28(24)21-8-11-23(12-9-21)32-17-16-29-14-4-5-15-29/h1-3,6-13,18,25,28,30H,4-5,14-17,19H2/t25-,28-/m1/s1. The number of nitrogens with zero attached hydrogens (tertiary/aromatic N) is 1. The van der Waals surface area contributed by atoms with Crippen LogP contribution in [0.25, 0.3) is 0 Å². The molecule has 4 nitrogen and oxygen atoms in total. The van der Waals surface area contributed by atoms with E-state index in [0.717, 1.165) is 29.0 Å². The molecular weight excluding hydrogens is 398 g/mol. The van der Waals surface area contributed by atoms with Crippen LogP contribution in [-0.4, -0.2) is 42.0 Å². The van der Waals surface area contributed by atoms with Crippen LogP contribution in [0.5, 0.6) is 11.5 Å². The number of benzene rings is 3. The van der Waals surface area contributed by atoms with Crippen molar-refractivity contribution >= 4 is 5.78 Å². The Morgan fingerprint density at radius 2 is 1.66 bits per heavy atom. The number of fused-ring (bicyclic) bond motifs is 1. The number of phenols is 1. The molecule has 32 heavy (non-hydrogen) atoms. The first-order valence-corrected chi connectivity index (χ1v) is 11.6. The van der Waals surface area contributed by atoms with E-state index < -0.39 is 0 Å². The molecule has 164 valence electrons. The minimum atomic E-state index is 0.0457. The van der Waals surface area contributed by atoms with Crippen molar-refractivity contribution in [3.05, 3.63) is 95.1 Å². The second-order valence-corrected chi connectivity index (χ2v) is 8.86. The number of ketones is 1. The molecule has 2 atom stereocenters. The van der Waals surface area contributed by atoms with Crippen molar-refractivity contribution in [1.29, 1.82) is 0 Å². The fourth-order valence-electron chi connectivity index (χ4n) is 5.19. The summed E-state index contributed by atoms with van der Waals surface area (Å²) in [6, 6.07) is 23.8. The lowest BCUT2D eigenvalue weighted by atomic mass is 9.69. The lowest BCUT2D eigenvalue weighted by Crippen LogP contribution is -2.25. The van der Waals surface area contributed by atoms with Gasteiger partial charge in [0.15, 0.2) is 5.78 Å². The van der Waals surface area contributed by atoms with Crippen molar-refractivity contribution in [1.82, 2.24) is 4.90 Å². The third-order valence-corrected chi connectivity index (χ3v) is 6.82. The number of carbonyl (C=O) groups is 1. The highest BCUT2D eigenvalue weighted by Crippen LogP contribution is 2.47. The average Bonchev–Trinajstić information content (AvgIpc) is 3.34. The van der Waals surface area contributed by atoms with Crippen LogP contribution in [0.1, 0.15) is 58.1 Å². The summed E-state index contributed by atoms with van der Waals surface area (Å²) >= 11 is 0. The third-order valence-electron chi connectivity index (χ3n) is 6.82. The molecule has 0 bridgehead atoms. The quantitative estimate of drug-likeness (QED) is 0.575. The zero-order chi connectivity index (χ0) is 21.9. The molecule has 3 aromatic rings. The lowest BCUT2D eigenvalue weighted by molar-refractivity contribution is 0.0959. The molecular formula is C28H29NO3. The Balaban J connectivity index is 1.42. The number of hydrogen-bond donors (Lipinski definition) is 1. The van der Waals surface area contributed by atoms with E-state index >= 15 is 0 Å². The molecule has 1 fully saturated rings. The van der Waals surface area contributed by atoms with Gasteiger partial charge >= 0.3 is 0 Å². The molecule has 2 aliphatic rings. The Labute approximate surface area is 189 Å². The SMILES string of the molecule is O=C1C[C@H](c2ccccc2)[C@H](c2ccc(OCCN3CCCC3)cc2)c2ccc(O)cc21. The van der Waals surface area contributed by atoms with Gasteiger partial charge in [-0.1, -0.05) is 48.5 Å². The summed E-state index contributed by atoms with van der Waals surface area (Å²) in [5, 5.41) is 9.97. The summed E-state index contributed by atoms with van der Waals surface area (Å²) in [7, 11) is 0. The van der Waals surface area contributed by atoms with Crippen LogP contribution >= 0.6 is 0 Å². The monoisotopic (exact) mass is 427 g/mol. The predicted octanol–water partition coefficient (Wildman–Crippen LogP) is 5.37. The highest BCUT2D eigenvalue weighted by molar-refractivity contribution is 6.00. The van der Waals surface area contributed by atoms with Crippen LogP contribution in [0.3, 0.4) is 0 Å². The van der Waals surface area contributed by atoms with Crippen molar-refractivity contribution in [2.45, 2.75) is 31.1 Å². The van der Waals surface area contributed by atoms with E-state index in [1.165, 1.54) is 25.9 Å². The van der Waals surface area contributed by atoms with Crippen LogP contribution < -0.4 is 4.74 Å². The summed E-state index contributed by atoms with van der Waals surface area (Å²) in [5.41, 5.74) is 3.93. The van der Waals surface area contributed by atoms with Gasteiger partial charge < -0.3 is 9.84 Å². The first kappa shape index (κ1) is 20.8. The first-order valence-electron chi connectivity index (χ1n) is 11.6. The van der Waals surface area contributed by atoms with Crippen LogP contribution in [0.2, 0.25) is 0 Å². The van der Waals surface area contributed by atoms with E-state index in [1.807, 2.05) is 36.4 Å². The third kappa shape index (κ3) is 4.28. The van der Waals surface area contributed by atoms with Crippen molar-refractivity contribution in [2.24, 2.45) is 0 Å². The summed E-state index contributed by atoms with van der Waals surface area (Å²) in [6.07, 6.45) is 3.01.